The molecule has 9 heteroatoms. The van der Waals surface area contributed by atoms with Gasteiger partial charge in [-0.1, -0.05) is 54.2 Å². The van der Waals surface area contributed by atoms with Crippen molar-refractivity contribution in [2.24, 2.45) is 0 Å². The molecule has 4 rings (SSSR count). The van der Waals surface area contributed by atoms with Gasteiger partial charge >= 0.3 is 0 Å². The number of ether oxygens (including phenoxy) is 2. The third-order valence-electron chi connectivity index (χ3n) is 5.25. The molecule has 4 aromatic rings. The number of methoxy groups -OCH3 is 2. The van der Waals surface area contributed by atoms with Gasteiger partial charge in [0.15, 0.2) is 11.5 Å². The van der Waals surface area contributed by atoms with Crippen molar-refractivity contribution in [3.63, 3.8) is 0 Å². The molecule has 1 amide bonds. The van der Waals surface area contributed by atoms with E-state index >= 15 is 0 Å². The van der Waals surface area contributed by atoms with Crippen LogP contribution in [0, 0.1) is 0 Å². The highest BCUT2D eigenvalue weighted by Crippen LogP contribution is 2.28. The Morgan fingerprint density at radius 3 is 2.67 bits per heavy atom. The van der Waals surface area contributed by atoms with Gasteiger partial charge in [-0.05, 0) is 52.9 Å². The van der Waals surface area contributed by atoms with Crippen molar-refractivity contribution in [1.82, 2.24) is 25.5 Å². The lowest BCUT2D eigenvalue weighted by atomic mass is 10.1. The van der Waals surface area contributed by atoms with Gasteiger partial charge in [-0.2, -0.15) is 4.68 Å². The maximum absolute atomic E-state index is 12.7. The molecule has 0 radical (unpaired) electrons. The monoisotopic (exact) mass is 463 g/mol. The number of rotatable bonds is 9. The Balaban J connectivity index is 1.39. The van der Waals surface area contributed by atoms with Crippen LogP contribution in [-0.2, 0) is 11.2 Å². The molecule has 1 heterocycles. The van der Waals surface area contributed by atoms with Gasteiger partial charge in [-0.25, -0.2) is 0 Å². The first-order valence-corrected chi connectivity index (χ1v) is 11.4. The summed E-state index contributed by atoms with van der Waals surface area (Å²) in [7, 11) is 3.21. The van der Waals surface area contributed by atoms with Crippen LogP contribution in [0.25, 0.3) is 16.5 Å². The van der Waals surface area contributed by atoms with E-state index < -0.39 is 0 Å². The highest BCUT2D eigenvalue weighted by Gasteiger charge is 2.20. The van der Waals surface area contributed by atoms with E-state index in [9.17, 15) is 4.79 Å². The Bertz CT molecular complexity index is 1250. The molecule has 1 N–H and O–H groups in total. The molecular weight excluding hydrogens is 438 g/mol. The van der Waals surface area contributed by atoms with E-state index in [0.717, 1.165) is 22.0 Å². The van der Waals surface area contributed by atoms with E-state index in [0.29, 0.717) is 29.6 Å². The number of benzene rings is 3. The molecule has 33 heavy (non-hydrogen) atoms. The van der Waals surface area contributed by atoms with Crippen LogP contribution in [0.4, 0.5) is 0 Å². The van der Waals surface area contributed by atoms with Crippen LogP contribution in [0.15, 0.2) is 65.8 Å². The lowest BCUT2D eigenvalue weighted by molar-refractivity contribution is -0.120. The Morgan fingerprint density at radius 1 is 1.06 bits per heavy atom. The fraction of sp³-hybridized carbons (Fsp3) is 0.250. The smallest absolute Gasteiger partial charge is 0.233 e. The standard InChI is InChI=1S/C24H25N5O3S/c1-16(23(30)25-14-13-17-11-12-21(31-2)22(15-17)32-3)33-24-26-27-28-29(24)20-10-6-8-18-7-4-5-9-19(18)20/h4-12,15-16H,13-14H2,1-3H3,(H,25,30)/t16-/m1/s1. The zero-order valence-corrected chi connectivity index (χ0v) is 19.5. The Hall–Kier alpha value is -3.59. The summed E-state index contributed by atoms with van der Waals surface area (Å²) in [6.07, 6.45) is 0.678. The summed E-state index contributed by atoms with van der Waals surface area (Å²) in [4.78, 5) is 12.7. The molecule has 1 atom stereocenters. The topological polar surface area (TPSA) is 91.2 Å². The largest absolute Gasteiger partial charge is 0.493 e. The van der Waals surface area contributed by atoms with Gasteiger partial charge in [0, 0.05) is 11.9 Å². The predicted octanol–water partition coefficient (Wildman–Crippen LogP) is 3.67. The molecule has 0 saturated heterocycles. The number of fused-ring (bicyclic) bond motifs is 1. The highest BCUT2D eigenvalue weighted by molar-refractivity contribution is 8.00. The van der Waals surface area contributed by atoms with Crippen LogP contribution in [0.2, 0.25) is 0 Å². The number of hydrogen-bond donors (Lipinski definition) is 1. The van der Waals surface area contributed by atoms with Crippen molar-refractivity contribution in [2.45, 2.75) is 23.8 Å². The second-order valence-electron chi connectivity index (χ2n) is 7.36. The third-order valence-corrected chi connectivity index (χ3v) is 6.28. The highest BCUT2D eigenvalue weighted by atomic mass is 32.2. The maximum Gasteiger partial charge on any atom is 0.233 e. The quantitative estimate of drug-likeness (QED) is 0.379. The van der Waals surface area contributed by atoms with Crippen LogP contribution in [0.3, 0.4) is 0 Å². The summed E-state index contributed by atoms with van der Waals surface area (Å²) < 4.78 is 12.3. The fourth-order valence-corrected chi connectivity index (χ4v) is 4.34. The molecular formula is C24H25N5O3S. The third kappa shape index (κ3) is 5.09. The summed E-state index contributed by atoms with van der Waals surface area (Å²) in [5, 5.41) is 17.5. The Morgan fingerprint density at radius 2 is 1.85 bits per heavy atom. The van der Waals surface area contributed by atoms with Gasteiger partial charge < -0.3 is 14.8 Å². The number of nitrogens with zero attached hydrogens (tertiary/aromatic N) is 4. The first-order valence-electron chi connectivity index (χ1n) is 10.5. The summed E-state index contributed by atoms with van der Waals surface area (Å²) in [5.41, 5.74) is 1.93. The molecule has 0 saturated carbocycles. The van der Waals surface area contributed by atoms with Crippen molar-refractivity contribution in [3.05, 3.63) is 66.2 Å². The van der Waals surface area contributed by atoms with E-state index in [4.69, 9.17) is 9.47 Å². The Labute approximate surface area is 196 Å². The zero-order valence-electron chi connectivity index (χ0n) is 18.7. The van der Waals surface area contributed by atoms with Crippen LogP contribution >= 0.6 is 11.8 Å². The summed E-state index contributed by atoms with van der Waals surface area (Å²) in [6, 6.07) is 19.8. The summed E-state index contributed by atoms with van der Waals surface area (Å²) in [6.45, 7) is 2.35. The van der Waals surface area contributed by atoms with Crippen LogP contribution in [-0.4, -0.2) is 52.1 Å². The van der Waals surface area contributed by atoms with E-state index in [2.05, 4.69) is 20.8 Å². The van der Waals surface area contributed by atoms with Gasteiger partial charge in [0.2, 0.25) is 11.1 Å². The number of tetrazole rings is 1. The summed E-state index contributed by atoms with van der Waals surface area (Å²) >= 11 is 1.32. The molecule has 170 valence electrons. The minimum atomic E-state index is -0.366. The van der Waals surface area contributed by atoms with E-state index in [-0.39, 0.29) is 11.2 Å². The zero-order chi connectivity index (χ0) is 23.2. The van der Waals surface area contributed by atoms with Gasteiger partial charge in [-0.3, -0.25) is 4.79 Å². The first-order chi connectivity index (χ1) is 16.1. The van der Waals surface area contributed by atoms with Crippen molar-refractivity contribution >= 4 is 28.4 Å². The second-order valence-corrected chi connectivity index (χ2v) is 8.67. The van der Waals surface area contributed by atoms with E-state index in [1.807, 2.05) is 67.6 Å². The summed E-state index contributed by atoms with van der Waals surface area (Å²) in [5.74, 6) is 1.28. The predicted molar refractivity (Wildman–Crippen MR) is 128 cm³/mol. The van der Waals surface area contributed by atoms with Gasteiger partial charge in [0.05, 0.1) is 25.2 Å². The van der Waals surface area contributed by atoms with Crippen LogP contribution in [0.5, 0.6) is 11.5 Å². The Kier molecular flexibility index (Phi) is 7.09. The van der Waals surface area contributed by atoms with Gasteiger partial charge in [-0.15, -0.1) is 5.10 Å². The maximum atomic E-state index is 12.7. The molecule has 8 nitrogen and oxygen atoms in total. The lowest BCUT2D eigenvalue weighted by Crippen LogP contribution is -2.32. The molecule has 0 bridgehead atoms. The van der Waals surface area contributed by atoms with Crippen molar-refractivity contribution in [2.75, 3.05) is 20.8 Å². The minimum Gasteiger partial charge on any atom is -0.493 e. The number of thioether (sulfide) groups is 1. The normalized spacial score (nSPS) is 11.8. The number of amides is 1. The molecule has 0 spiro atoms. The molecule has 0 aliphatic carbocycles. The fourth-order valence-electron chi connectivity index (χ4n) is 3.52. The van der Waals surface area contributed by atoms with Gasteiger partial charge in [0.25, 0.3) is 0 Å². The minimum absolute atomic E-state index is 0.0760. The van der Waals surface area contributed by atoms with E-state index in [1.165, 1.54) is 11.8 Å². The average Bonchev–Trinajstić information content (AvgIpc) is 3.31. The number of carbonyl (C=O) groups is 1. The van der Waals surface area contributed by atoms with E-state index in [1.54, 1.807) is 18.9 Å². The van der Waals surface area contributed by atoms with Gasteiger partial charge in [0.1, 0.15) is 0 Å². The molecule has 0 aliphatic heterocycles. The molecule has 0 aliphatic rings. The number of hydrogen-bond acceptors (Lipinski definition) is 7. The molecule has 0 unspecified atom stereocenters. The molecule has 0 fully saturated rings. The van der Waals surface area contributed by atoms with Crippen molar-refractivity contribution in [3.8, 4) is 17.2 Å². The molecule has 1 aromatic heterocycles. The van der Waals surface area contributed by atoms with Crippen LogP contribution < -0.4 is 14.8 Å². The number of carbonyl (C=O) groups excluding carboxylic acids is 1. The number of aromatic nitrogens is 4. The second kappa shape index (κ2) is 10.4. The van der Waals surface area contributed by atoms with Crippen molar-refractivity contribution in [1.29, 1.82) is 0 Å². The first kappa shape index (κ1) is 22.6. The SMILES string of the molecule is COc1ccc(CCNC(=O)[C@@H](C)Sc2nnnn2-c2cccc3ccccc23)cc1OC. The average molecular weight is 464 g/mol. The van der Waals surface area contributed by atoms with Crippen molar-refractivity contribution < 1.29 is 14.3 Å². The van der Waals surface area contributed by atoms with Crippen LogP contribution in [0.1, 0.15) is 12.5 Å². The number of nitrogens with one attached hydrogen (secondary N) is 1. The lowest BCUT2D eigenvalue weighted by Gasteiger charge is -2.13. The molecule has 3 aromatic carbocycles.